The zero-order valence-corrected chi connectivity index (χ0v) is 27.2. The molecule has 11 rings (SSSR count). The third-order valence-electron chi connectivity index (χ3n) is 10.0. The Labute approximate surface area is 291 Å². The molecule has 0 spiro atoms. The molecule has 0 radical (unpaired) electrons. The van der Waals surface area contributed by atoms with Crippen LogP contribution >= 0.6 is 0 Å². The van der Waals surface area contributed by atoms with Gasteiger partial charge in [0.15, 0.2) is 11.6 Å². The molecule has 0 saturated carbocycles. The Morgan fingerprint density at radius 1 is 0.392 bits per heavy atom. The van der Waals surface area contributed by atoms with Gasteiger partial charge in [-0.3, -0.25) is 4.57 Å². The Kier molecular flexibility index (Phi) is 5.86. The van der Waals surface area contributed by atoms with E-state index in [2.05, 4.69) is 130 Å². The van der Waals surface area contributed by atoms with E-state index in [0.717, 1.165) is 71.6 Å². The highest BCUT2D eigenvalue weighted by Crippen LogP contribution is 2.41. The molecular formula is C45H27N5O. The fraction of sp³-hybridized carbons (Fsp3) is 0. The van der Waals surface area contributed by atoms with Gasteiger partial charge in [-0.15, -0.1) is 0 Å². The number of hydrogen-bond donors (Lipinski definition) is 0. The second-order valence-corrected chi connectivity index (χ2v) is 12.8. The Bertz CT molecular complexity index is 3100. The zero-order valence-electron chi connectivity index (χ0n) is 27.2. The van der Waals surface area contributed by atoms with Gasteiger partial charge in [-0.05, 0) is 48.5 Å². The van der Waals surface area contributed by atoms with Crippen LogP contribution in [0.5, 0.6) is 0 Å². The van der Waals surface area contributed by atoms with Crippen molar-refractivity contribution in [3.63, 3.8) is 0 Å². The third-order valence-corrected chi connectivity index (χ3v) is 10.0. The van der Waals surface area contributed by atoms with Crippen LogP contribution in [0.25, 0.3) is 100.0 Å². The maximum atomic E-state index is 6.57. The van der Waals surface area contributed by atoms with Crippen molar-refractivity contribution < 1.29 is 4.42 Å². The summed E-state index contributed by atoms with van der Waals surface area (Å²) < 4.78 is 11.0. The molecule has 0 bridgehead atoms. The zero-order chi connectivity index (χ0) is 33.5. The molecule has 0 aliphatic heterocycles. The van der Waals surface area contributed by atoms with Crippen molar-refractivity contribution in [1.29, 1.82) is 0 Å². The summed E-state index contributed by atoms with van der Waals surface area (Å²) in [5.41, 5.74) is 8.76. The third kappa shape index (κ3) is 4.07. The first-order valence-electron chi connectivity index (χ1n) is 17.0. The van der Waals surface area contributed by atoms with Crippen LogP contribution in [0.15, 0.2) is 168 Å². The SMILES string of the molecule is c1ccc(-c2nc(-c3ccccc3-n3c4ccccc4c4ccccc43)nc(-n3c4ccccc4c4c5oc6ccccc6c5ccc43)n2)cc1. The standard InChI is InChI=1S/C45H27N5O/c1-2-14-28(15-3-1)43-46-44(34-20-7-12-24-38(34)49-35-21-9-4-16-29(35)30-17-5-10-22-36(30)49)48-45(47-43)50-37-23-11-6-19-33(37)41-39(50)27-26-32-31-18-8-13-25-40(31)51-42(32)41/h1-27H. The molecule has 0 saturated heterocycles. The van der Waals surface area contributed by atoms with Gasteiger partial charge in [-0.2, -0.15) is 9.97 Å². The first-order valence-corrected chi connectivity index (χ1v) is 17.0. The van der Waals surface area contributed by atoms with Gasteiger partial charge in [0.05, 0.1) is 33.1 Å². The molecule has 4 heterocycles. The summed E-state index contributed by atoms with van der Waals surface area (Å²) >= 11 is 0. The van der Waals surface area contributed by atoms with Gasteiger partial charge < -0.3 is 8.98 Å². The molecule has 11 aromatic rings. The fourth-order valence-electron chi connectivity index (χ4n) is 7.79. The van der Waals surface area contributed by atoms with Crippen molar-refractivity contribution in [2.75, 3.05) is 0 Å². The lowest BCUT2D eigenvalue weighted by atomic mass is 10.1. The van der Waals surface area contributed by atoms with Crippen LogP contribution < -0.4 is 0 Å². The molecule has 0 unspecified atom stereocenters. The molecule has 0 atom stereocenters. The Morgan fingerprint density at radius 2 is 0.980 bits per heavy atom. The minimum atomic E-state index is 0.539. The highest BCUT2D eigenvalue weighted by molar-refractivity contribution is 6.23. The van der Waals surface area contributed by atoms with Crippen molar-refractivity contribution in [2.45, 2.75) is 0 Å². The van der Waals surface area contributed by atoms with E-state index in [4.69, 9.17) is 19.4 Å². The van der Waals surface area contributed by atoms with E-state index in [0.29, 0.717) is 17.6 Å². The van der Waals surface area contributed by atoms with Crippen LogP contribution in [-0.4, -0.2) is 24.1 Å². The van der Waals surface area contributed by atoms with Crippen molar-refractivity contribution >= 4 is 65.6 Å². The molecule has 238 valence electrons. The minimum absolute atomic E-state index is 0.539. The predicted molar refractivity (Wildman–Crippen MR) is 207 cm³/mol. The summed E-state index contributed by atoms with van der Waals surface area (Å²) in [5, 5.41) is 6.70. The lowest BCUT2D eigenvalue weighted by Gasteiger charge is -2.15. The van der Waals surface area contributed by atoms with E-state index in [1.807, 2.05) is 42.5 Å². The average Bonchev–Trinajstić information content (AvgIpc) is 3.86. The average molecular weight is 654 g/mol. The second-order valence-electron chi connectivity index (χ2n) is 12.8. The van der Waals surface area contributed by atoms with Gasteiger partial charge in [0.2, 0.25) is 5.95 Å². The van der Waals surface area contributed by atoms with Gasteiger partial charge in [-0.1, -0.05) is 115 Å². The Balaban J connectivity index is 1.23. The van der Waals surface area contributed by atoms with E-state index in [9.17, 15) is 0 Å². The number of benzene rings is 7. The van der Waals surface area contributed by atoms with Crippen molar-refractivity contribution in [3.8, 4) is 34.4 Å². The lowest BCUT2D eigenvalue weighted by Crippen LogP contribution is -2.07. The molecule has 0 amide bonds. The molecule has 0 aliphatic carbocycles. The van der Waals surface area contributed by atoms with E-state index in [-0.39, 0.29) is 0 Å². The van der Waals surface area contributed by atoms with E-state index >= 15 is 0 Å². The van der Waals surface area contributed by atoms with Gasteiger partial charge in [0.25, 0.3) is 0 Å². The molecule has 7 aromatic carbocycles. The lowest BCUT2D eigenvalue weighted by molar-refractivity contribution is 0.673. The smallest absolute Gasteiger partial charge is 0.238 e. The Morgan fingerprint density at radius 3 is 1.75 bits per heavy atom. The van der Waals surface area contributed by atoms with Gasteiger partial charge in [0.1, 0.15) is 11.2 Å². The van der Waals surface area contributed by atoms with Crippen LogP contribution in [-0.2, 0) is 0 Å². The highest BCUT2D eigenvalue weighted by atomic mass is 16.3. The molecule has 0 N–H and O–H groups in total. The molecule has 0 aliphatic rings. The first-order chi connectivity index (χ1) is 25.3. The van der Waals surface area contributed by atoms with Crippen molar-refractivity contribution in [1.82, 2.24) is 24.1 Å². The maximum Gasteiger partial charge on any atom is 0.238 e. The molecule has 4 aromatic heterocycles. The maximum absolute atomic E-state index is 6.57. The highest BCUT2D eigenvalue weighted by Gasteiger charge is 2.23. The fourth-order valence-corrected chi connectivity index (χ4v) is 7.79. The number of rotatable bonds is 4. The number of fused-ring (bicyclic) bond motifs is 10. The van der Waals surface area contributed by atoms with E-state index < -0.39 is 0 Å². The molecule has 51 heavy (non-hydrogen) atoms. The van der Waals surface area contributed by atoms with E-state index in [1.165, 1.54) is 10.8 Å². The molecular weight excluding hydrogens is 627 g/mol. The number of para-hydroxylation sites is 5. The largest absolute Gasteiger partial charge is 0.455 e. The topological polar surface area (TPSA) is 61.7 Å². The normalized spacial score (nSPS) is 11.9. The van der Waals surface area contributed by atoms with Gasteiger partial charge >= 0.3 is 0 Å². The summed E-state index contributed by atoms with van der Waals surface area (Å²) in [4.78, 5) is 15.7. The van der Waals surface area contributed by atoms with Crippen molar-refractivity contribution in [2.24, 2.45) is 0 Å². The quantitative estimate of drug-likeness (QED) is 0.190. The summed E-state index contributed by atoms with van der Waals surface area (Å²) in [6, 6.07) is 56.6. The van der Waals surface area contributed by atoms with Gasteiger partial charge in [-0.25, -0.2) is 4.98 Å². The summed E-state index contributed by atoms with van der Waals surface area (Å²) in [5.74, 6) is 1.73. The summed E-state index contributed by atoms with van der Waals surface area (Å²) in [7, 11) is 0. The molecule has 0 fully saturated rings. The summed E-state index contributed by atoms with van der Waals surface area (Å²) in [6.45, 7) is 0. The van der Waals surface area contributed by atoms with Crippen LogP contribution in [0, 0.1) is 0 Å². The molecule has 6 heteroatoms. The second kappa shape index (κ2) is 10.7. The van der Waals surface area contributed by atoms with E-state index in [1.54, 1.807) is 0 Å². The van der Waals surface area contributed by atoms with Crippen LogP contribution in [0.1, 0.15) is 0 Å². The molecule has 6 nitrogen and oxygen atoms in total. The van der Waals surface area contributed by atoms with Crippen LogP contribution in [0.4, 0.5) is 0 Å². The Hall–Kier alpha value is -7.05. The minimum Gasteiger partial charge on any atom is -0.455 e. The first kappa shape index (κ1) is 27.9. The number of aromatic nitrogens is 5. The van der Waals surface area contributed by atoms with Crippen LogP contribution in [0.2, 0.25) is 0 Å². The number of furan rings is 1. The van der Waals surface area contributed by atoms with Crippen molar-refractivity contribution in [3.05, 3.63) is 164 Å². The summed E-state index contributed by atoms with van der Waals surface area (Å²) in [6.07, 6.45) is 0. The van der Waals surface area contributed by atoms with Crippen LogP contribution in [0.3, 0.4) is 0 Å². The predicted octanol–water partition coefficient (Wildman–Crippen LogP) is 11.3. The number of nitrogens with zero attached hydrogens (tertiary/aromatic N) is 5. The van der Waals surface area contributed by atoms with Gasteiger partial charge in [0, 0.05) is 38.1 Å². The monoisotopic (exact) mass is 653 g/mol. The number of hydrogen-bond acceptors (Lipinski definition) is 4.